The number of halogens is 1. The molecule has 3 unspecified atom stereocenters. The lowest BCUT2D eigenvalue weighted by Gasteiger charge is -2.21. The third-order valence-electron chi connectivity index (χ3n) is 3.17. The van der Waals surface area contributed by atoms with Gasteiger partial charge in [0.1, 0.15) is 6.10 Å². The van der Waals surface area contributed by atoms with Gasteiger partial charge in [-0.05, 0) is 33.6 Å². The first kappa shape index (κ1) is 12.9. The molecule has 1 aromatic rings. The van der Waals surface area contributed by atoms with Crippen molar-refractivity contribution in [3.63, 3.8) is 0 Å². The molecule has 0 radical (unpaired) electrons. The van der Waals surface area contributed by atoms with Crippen LogP contribution in [0.25, 0.3) is 0 Å². The Bertz CT molecular complexity index is 392. The third kappa shape index (κ3) is 2.49. The van der Waals surface area contributed by atoms with Gasteiger partial charge in [-0.2, -0.15) is 5.10 Å². The van der Waals surface area contributed by atoms with E-state index in [1.165, 1.54) is 0 Å². The van der Waals surface area contributed by atoms with E-state index in [9.17, 15) is 5.11 Å². The van der Waals surface area contributed by atoms with E-state index in [2.05, 4.69) is 5.10 Å². The Morgan fingerprint density at radius 2 is 2.24 bits per heavy atom. The number of hydrogen-bond acceptors (Lipinski definition) is 3. The third-order valence-corrected chi connectivity index (χ3v) is 3.46. The summed E-state index contributed by atoms with van der Waals surface area (Å²) in [5.74, 6) is 0. The molecule has 0 saturated carbocycles. The summed E-state index contributed by atoms with van der Waals surface area (Å²) >= 11 is 6.10. The molecule has 0 bridgehead atoms. The zero-order chi connectivity index (χ0) is 12.6. The van der Waals surface area contributed by atoms with Crippen LogP contribution in [-0.2, 0) is 4.74 Å². The zero-order valence-electron chi connectivity index (χ0n) is 10.4. The van der Waals surface area contributed by atoms with Crippen molar-refractivity contribution in [2.24, 2.45) is 0 Å². The summed E-state index contributed by atoms with van der Waals surface area (Å²) in [6.07, 6.45) is 2.77. The molecule has 5 heteroatoms. The smallest absolute Gasteiger partial charge is 0.123 e. The lowest BCUT2D eigenvalue weighted by molar-refractivity contribution is -0.0334. The Morgan fingerprint density at radius 3 is 2.76 bits per heavy atom. The van der Waals surface area contributed by atoms with Gasteiger partial charge in [0, 0.05) is 6.04 Å². The van der Waals surface area contributed by atoms with Crippen LogP contribution in [0.4, 0.5) is 0 Å². The first-order chi connectivity index (χ1) is 8.00. The Morgan fingerprint density at radius 1 is 1.53 bits per heavy atom. The Labute approximate surface area is 107 Å². The summed E-state index contributed by atoms with van der Waals surface area (Å²) in [6.45, 7) is 6.05. The van der Waals surface area contributed by atoms with E-state index < -0.39 is 6.10 Å². The highest BCUT2D eigenvalue weighted by Gasteiger charge is 2.33. The molecule has 1 aliphatic rings. The second kappa shape index (κ2) is 4.96. The predicted molar refractivity (Wildman–Crippen MR) is 66.2 cm³/mol. The summed E-state index contributed by atoms with van der Waals surface area (Å²) in [4.78, 5) is 0. The van der Waals surface area contributed by atoms with E-state index in [-0.39, 0.29) is 18.2 Å². The number of nitrogens with zero attached hydrogens (tertiary/aromatic N) is 2. The van der Waals surface area contributed by atoms with Gasteiger partial charge >= 0.3 is 0 Å². The first-order valence-corrected chi connectivity index (χ1v) is 6.45. The average molecular weight is 259 g/mol. The van der Waals surface area contributed by atoms with E-state index in [0.717, 1.165) is 12.8 Å². The predicted octanol–water partition coefficient (Wildman–Crippen LogP) is 2.72. The van der Waals surface area contributed by atoms with Crippen molar-refractivity contribution in [2.45, 2.75) is 58.0 Å². The van der Waals surface area contributed by atoms with Gasteiger partial charge < -0.3 is 9.84 Å². The second-order valence-corrected chi connectivity index (χ2v) is 5.33. The molecule has 0 aliphatic carbocycles. The van der Waals surface area contributed by atoms with Crippen molar-refractivity contribution >= 4 is 11.6 Å². The van der Waals surface area contributed by atoms with Crippen LogP contribution in [0.15, 0.2) is 6.20 Å². The molecule has 1 fully saturated rings. The molecule has 4 nitrogen and oxygen atoms in total. The van der Waals surface area contributed by atoms with Crippen molar-refractivity contribution in [3.8, 4) is 0 Å². The molecule has 0 aromatic carbocycles. The van der Waals surface area contributed by atoms with Crippen molar-refractivity contribution in [1.82, 2.24) is 9.78 Å². The normalized spacial score (nSPS) is 26.7. The van der Waals surface area contributed by atoms with Gasteiger partial charge in [0.2, 0.25) is 0 Å². The number of hydrogen-bond donors (Lipinski definition) is 1. The zero-order valence-corrected chi connectivity index (χ0v) is 11.2. The van der Waals surface area contributed by atoms with Crippen LogP contribution >= 0.6 is 11.6 Å². The van der Waals surface area contributed by atoms with Gasteiger partial charge in [-0.3, -0.25) is 4.68 Å². The lowest BCUT2D eigenvalue weighted by Crippen LogP contribution is -2.22. The number of rotatable bonds is 3. The van der Waals surface area contributed by atoms with Gasteiger partial charge in [0.25, 0.3) is 0 Å². The van der Waals surface area contributed by atoms with Crippen LogP contribution in [0.5, 0.6) is 0 Å². The Hall–Kier alpha value is -0.580. The molecule has 1 N–H and O–H groups in total. The van der Waals surface area contributed by atoms with Crippen LogP contribution in [0.1, 0.15) is 51.5 Å². The maximum Gasteiger partial charge on any atom is 0.123 e. The quantitative estimate of drug-likeness (QED) is 0.907. The van der Waals surface area contributed by atoms with Gasteiger partial charge in [-0.1, -0.05) is 11.6 Å². The standard InChI is InChI=1S/C12H19ClN2O2/c1-7(2)15-11(9(13)6-14-15)12(16)10-5-4-8(3)17-10/h6-8,10,12,16H,4-5H2,1-3H3. The highest BCUT2D eigenvalue weighted by molar-refractivity contribution is 6.31. The van der Waals surface area contributed by atoms with Crippen molar-refractivity contribution < 1.29 is 9.84 Å². The molecular weight excluding hydrogens is 240 g/mol. The van der Waals surface area contributed by atoms with Gasteiger partial charge in [0.05, 0.1) is 29.1 Å². The number of aromatic nitrogens is 2. The fourth-order valence-corrected chi connectivity index (χ4v) is 2.52. The van der Waals surface area contributed by atoms with Crippen molar-refractivity contribution in [2.75, 3.05) is 0 Å². The monoisotopic (exact) mass is 258 g/mol. The number of aliphatic hydroxyl groups excluding tert-OH is 1. The van der Waals surface area contributed by atoms with Gasteiger partial charge in [-0.15, -0.1) is 0 Å². The Balaban J connectivity index is 2.24. The maximum atomic E-state index is 10.4. The summed E-state index contributed by atoms with van der Waals surface area (Å²) in [5, 5.41) is 15.1. The second-order valence-electron chi connectivity index (χ2n) is 4.92. The largest absolute Gasteiger partial charge is 0.384 e. The first-order valence-electron chi connectivity index (χ1n) is 6.07. The summed E-state index contributed by atoms with van der Waals surface area (Å²) in [7, 11) is 0. The molecule has 1 aromatic heterocycles. The molecule has 1 aliphatic heterocycles. The topological polar surface area (TPSA) is 47.3 Å². The molecule has 96 valence electrons. The van der Waals surface area contributed by atoms with Crippen molar-refractivity contribution in [3.05, 3.63) is 16.9 Å². The van der Waals surface area contributed by atoms with E-state index in [0.29, 0.717) is 10.7 Å². The molecular formula is C12H19ClN2O2. The highest BCUT2D eigenvalue weighted by Crippen LogP contribution is 2.34. The minimum absolute atomic E-state index is 0.170. The molecule has 2 rings (SSSR count). The van der Waals surface area contributed by atoms with E-state index in [4.69, 9.17) is 16.3 Å². The summed E-state index contributed by atoms with van der Waals surface area (Å²) < 4.78 is 7.45. The summed E-state index contributed by atoms with van der Waals surface area (Å²) in [6, 6.07) is 0.172. The minimum atomic E-state index is -0.697. The SMILES string of the molecule is CC1CCC(C(O)c2c(Cl)cnn2C(C)C)O1. The fraction of sp³-hybridized carbons (Fsp3) is 0.750. The molecule has 3 atom stereocenters. The van der Waals surface area contributed by atoms with E-state index in [1.807, 2.05) is 20.8 Å². The molecule has 1 saturated heterocycles. The van der Waals surface area contributed by atoms with Crippen LogP contribution < -0.4 is 0 Å². The van der Waals surface area contributed by atoms with Gasteiger partial charge in [-0.25, -0.2) is 0 Å². The molecule has 0 amide bonds. The molecule has 2 heterocycles. The van der Waals surface area contributed by atoms with Crippen molar-refractivity contribution in [1.29, 1.82) is 0 Å². The average Bonchev–Trinajstić information content (AvgIpc) is 2.83. The van der Waals surface area contributed by atoms with E-state index >= 15 is 0 Å². The minimum Gasteiger partial charge on any atom is -0.384 e. The van der Waals surface area contributed by atoms with Crippen LogP contribution in [0.3, 0.4) is 0 Å². The fourth-order valence-electron chi connectivity index (χ4n) is 2.28. The summed E-state index contributed by atoms with van der Waals surface area (Å²) in [5.41, 5.74) is 0.667. The van der Waals surface area contributed by atoms with Gasteiger partial charge in [0.15, 0.2) is 0 Å². The van der Waals surface area contributed by atoms with Crippen LogP contribution in [0, 0.1) is 0 Å². The Kier molecular flexibility index (Phi) is 3.76. The number of aliphatic hydroxyl groups is 1. The number of ether oxygens (including phenoxy) is 1. The molecule has 0 spiro atoms. The molecule has 17 heavy (non-hydrogen) atoms. The van der Waals surface area contributed by atoms with Crippen LogP contribution in [-0.4, -0.2) is 27.1 Å². The highest BCUT2D eigenvalue weighted by atomic mass is 35.5. The van der Waals surface area contributed by atoms with Crippen LogP contribution in [0.2, 0.25) is 5.02 Å². The maximum absolute atomic E-state index is 10.4. The van der Waals surface area contributed by atoms with E-state index in [1.54, 1.807) is 10.9 Å². The lowest BCUT2D eigenvalue weighted by atomic mass is 10.1.